The minimum atomic E-state index is -0.337. The second-order valence-electron chi connectivity index (χ2n) is 13.4. The Kier molecular flexibility index (Phi) is 12.0. The third kappa shape index (κ3) is 7.13. The van der Waals surface area contributed by atoms with Gasteiger partial charge in [-0.25, -0.2) is 4.98 Å². The molecule has 6 aromatic rings. The van der Waals surface area contributed by atoms with E-state index in [1.807, 2.05) is 41.5 Å². The van der Waals surface area contributed by atoms with Crippen LogP contribution in [0.4, 0.5) is 0 Å². The number of rotatable bonds is 9. The number of carbonyl (C=O) groups excluding carboxylic acids is 1. The van der Waals surface area contributed by atoms with Crippen LogP contribution in [0.25, 0.3) is 53.1 Å². The van der Waals surface area contributed by atoms with E-state index in [0.717, 1.165) is 47.2 Å². The summed E-state index contributed by atoms with van der Waals surface area (Å²) in [6.45, 7) is 16.5. The molecule has 0 spiro atoms. The molecule has 0 aliphatic carbocycles. The maximum Gasteiger partial charge on any atom is 0.164 e. The molecule has 4 nitrogen and oxygen atoms in total. The van der Waals surface area contributed by atoms with E-state index >= 15 is 0 Å². The number of aliphatic hydroxyl groups is 1. The van der Waals surface area contributed by atoms with E-state index in [1.165, 1.54) is 43.3 Å². The fraction of sp³-hybridized carbons (Fsp3) is 0.357. The number of aliphatic hydroxyl groups excluding tert-OH is 1. The standard InChI is InChI=1S/C27H19N2S.C15H28O2.Ir/c1-16(2)19-11-12-22(21-10-6-5-9-20(19)21)25-27-26(29-15-28-25)23-13-17-7-3-4-8-18(17)14-24(23)30-27;1-7-14(5,8-2)12(16)11-13(17)15(6,9-3)10-4;/h3-11,13-16H,1-2H3;11,16H,7-10H2,1-6H3;/q-1;;/b;12-11-;. The van der Waals surface area contributed by atoms with Gasteiger partial charge in [0.1, 0.15) is 12.1 Å². The summed E-state index contributed by atoms with van der Waals surface area (Å²) >= 11 is 1.77. The Morgan fingerprint density at radius 1 is 0.854 bits per heavy atom. The Bertz CT molecular complexity index is 2090. The van der Waals surface area contributed by atoms with Crippen LogP contribution in [0.1, 0.15) is 92.6 Å². The molecule has 6 heteroatoms. The molecule has 2 heterocycles. The second-order valence-corrected chi connectivity index (χ2v) is 14.5. The normalized spacial score (nSPS) is 12.4. The molecule has 0 aliphatic heterocycles. The second kappa shape index (κ2) is 15.4. The zero-order valence-corrected chi connectivity index (χ0v) is 32.6. The summed E-state index contributed by atoms with van der Waals surface area (Å²) in [6.07, 6.45) is 6.45. The molecule has 0 saturated carbocycles. The number of ketones is 1. The summed E-state index contributed by atoms with van der Waals surface area (Å²) < 4.78 is 2.37. The topological polar surface area (TPSA) is 63.1 Å². The first-order valence-electron chi connectivity index (χ1n) is 16.9. The Labute approximate surface area is 303 Å². The van der Waals surface area contributed by atoms with Gasteiger partial charge in [-0.1, -0.05) is 121 Å². The number of hydrogen-bond acceptors (Lipinski definition) is 5. The quantitative estimate of drug-likeness (QED) is 0.0895. The number of thiophene rings is 1. The smallest absolute Gasteiger partial charge is 0.164 e. The van der Waals surface area contributed by atoms with Crippen molar-refractivity contribution in [3.8, 4) is 11.3 Å². The van der Waals surface area contributed by atoms with E-state index < -0.39 is 0 Å². The van der Waals surface area contributed by atoms with Crippen LogP contribution in [0.2, 0.25) is 0 Å². The summed E-state index contributed by atoms with van der Waals surface area (Å²) in [7, 11) is 0. The van der Waals surface area contributed by atoms with Gasteiger partial charge < -0.3 is 5.11 Å². The van der Waals surface area contributed by atoms with Crippen molar-refractivity contribution in [2.24, 2.45) is 10.8 Å². The van der Waals surface area contributed by atoms with Crippen molar-refractivity contribution >= 4 is 59.0 Å². The molecule has 0 bridgehead atoms. The van der Waals surface area contributed by atoms with Gasteiger partial charge in [-0.05, 0) is 48.6 Å². The molecule has 0 unspecified atom stereocenters. The first kappa shape index (κ1) is 37.4. The van der Waals surface area contributed by atoms with Gasteiger partial charge in [0.25, 0.3) is 0 Å². The number of aromatic nitrogens is 2. The van der Waals surface area contributed by atoms with Gasteiger partial charge in [0.15, 0.2) is 5.78 Å². The molecule has 0 atom stereocenters. The number of nitrogens with zero attached hydrogens (tertiary/aromatic N) is 2. The molecule has 0 saturated heterocycles. The number of allylic oxidation sites excluding steroid dienone is 2. The molecule has 1 N–H and O–H groups in total. The van der Waals surface area contributed by atoms with Crippen LogP contribution < -0.4 is 0 Å². The number of hydrogen-bond donors (Lipinski definition) is 1. The zero-order chi connectivity index (χ0) is 33.9. The fourth-order valence-electron chi connectivity index (χ4n) is 6.05. The van der Waals surface area contributed by atoms with E-state index in [2.05, 4.69) is 91.6 Å². The maximum absolute atomic E-state index is 12.2. The van der Waals surface area contributed by atoms with Gasteiger partial charge in [0, 0.05) is 57.5 Å². The van der Waals surface area contributed by atoms with Crippen molar-refractivity contribution in [1.82, 2.24) is 9.97 Å². The maximum atomic E-state index is 12.2. The molecule has 4 aromatic carbocycles. The third-order valence-corrected chi connectivity index (χ3v) is 11.6. The Hall–Kier alpha value is -3.44. The largest absolute Gasteiger partial charge is 0.512 e. The van der Waals surface area contributed by atoms with Crippen molar-refractivity contribution in [2.75, 3.05) is 0 Å². The predicted molar refractivity (Wildman–Crippen MR) is 201 cm³/mol. The van der Waals surface area contributed by atoms with E-state index in [9.17, 15) is 9.90 Å². The van der Waals surface area contributed by atoms with E-state index in [-0.39, 0.29) is 42.5 Å². The summed E-state index contributed by atoms with van der Waals surface area (Å²) in [5, 5.41) is 16.3. The number of carbonyl (C=O) groups is 1. The SMILES string of the molecule is CC(C)c1c[c-]c(-c2ncnc3c2sc2cc4ccccc4cc23)c2ccccc12.CCC(C)(CC)C(=O)/C=C(\O)C(C)(CC)CC.[Ir]. The molecule has 253 valence electrons. The molecular formula is C42H47IrN2O2S-. The van der Waals surface area contributed by atoms with E-state index in [1.54, 1.807) is 17.7 Å². The first-order valence-corrected chi connectivity index (χ1v) is 17.8. The molecule has 2 aromatic heterocycles. The number of fused-ring (bicyclic) bond motifs is 5. The van der Waals surface area contributed by atoms with Crippen LogP contribution in [0.5, 0.6) is 0 Å². The Balaban J connectivity index is 0.000000251. The average molecular weight is 836 g/mol. The van der Waals surface area contributed by atoms with Gasteiger partial charge in [-0.15, -0.1) is 34.6 Å². The molecule has 6 rings (SSSR count). The van der Waals surface area contributed by atoms with Crippen LogP contribution >= 0.6 is 11.3 Å². The van der Waals surface area contributed by atoms with Crippen LogP contribution in [0, 0.1) is 16.9 Å². The molecule has 0 fully saturated rings. The van der Waals surface area contributed by atoms with Crippen molar-refractivity contribution in [3.05, 3.63) is 96.5 Å². The van der Waals surface area contributed by atoms with Crippen molar-refractivity contribution in [3.63, 3.8) is 0 Å². The summed E-state index contributed by atoms with van der Waals surface area (Å²) in [4.78, 5) is 21.6. The van der Waals surface area contributed by atoms with Gasteiger partial charge >= 0.3 is 0 Å². The summed E-state index contributed by atoms with van der Waals surface area (Å²) in [6, 6.07) is 27.3. The third-order valence-electron chi connectivity index (χ3n) is 10.5. The van der Waals surface area contributed by atoms with Crippen LogP contribution in [-0.2, 0) is 24.9 Å². The van der Waals surface area contributed by atoms with Crippen molar-refractivity contribution in [2.45, 2.75) is 87.0 Å². The first-order chi connectivity index (χ1) is 22.5. The van der Waals surface area contributed by atoms with Gasteiger partial charge in [-0.3, -0.25) is 9.78 Å². The number of benzene rings is 4. The van der Waals surface area contributed by atoms with Gasteiger partial charge in [-0.2, -0.15) is 0 Å². The minimum Gasteiger partial charge on any atom is -0.512 e. The van der Waals surface area contributed by atoms with Gasteiger partial charge in [0.2, 0.25) is 0 Å². The zero-order valence-electron chi connectivity index (χ0n) is 29.4. The molecule has 0 aliphatic rings. The van der Waals surface area contributed by atoms with Crippen LogP contribution in [0.15, 0.2) is 84.9 Å². The van der Waals surface area contributed by atoms with Gasteiger partial charge in [0.05, 0.1) is 5.52 Å². The van der Waals surface area contributed by atoms with Crippen molar-refractivity contribution < 1.29 is 30.0 Å². The fourth-order valence-corrected chi connectivity index (χ4v) is 7.24. The van der Waals surface area contributed by atoms with E-state index in [0.29, 0.717) is 5.92 Å². The Morgan fingerprint density at radius 3 is 2.04 bits per heavy atom. The monoisotopic (exact) mass is 836 g/mol. The van der Waals surface area contributed by atoms with Crippen LogP contribution in [-0.4, -0.2) is 20.9 Å². The molecule has 48 heavy (non-hydrogen) atoms. The average Bonchev–Trinajstić information content (AvgIpc) is 3.47. The predicted octanol–water partition coefficient (Wildman–Crippen LogP) is 12.4. The molecular weight excluding hydrogens is 789 g/mol. The van der Waals surface area contributed by atoms with E-state index in [4.69, 9.17) is 4.98 Å². The van der Waals surface area contributed by atoms with Crippen LogP contribution in [0.3, 0.4) is 0 Å². The summed E-state index contributed by atoms with van der Waals surface area (Å²) in [5.74, 6) is 0.733. The minimum absolute atomic E-state index is 0. The molecule has 1 radical (unpaired) electrons. The Morgan fingerprint density at radius 2 is 1.44 bits per heavy atom. The summed E-state index contributed by atoms with van der Waals surface area (Å²) in [5.41, 5.74) is 3.77. The molecule has 0 amide bonds. The van der Waals surface area contributed by atoms with Crippen molar-refractivity contribution in [1.29, 1.82) is 0 Å².